The molecule has 18 heavy (non-hydrogen) atoms. The van der Waals surface area contributed by atoms with Crippen LogP contribution in [0.15, 0.2) is 41.8 Å². The highest BCUT2D eigenvalue weighted by Crippen LogP contribution is 2.11. The highest BCUT2D eigenvalue weighted by atomic mass is 32.2. The average Bonchev–Trinajstić information content (AvgIpc) is 2.29. The smallest absolute Gasteiger partial charge is 0.240 e. The number of hydrogen-bond acceptors (Lipinski definition) is 3. The Morgan fingerprint density at radius 1 is 1.39 bits per heavy atom. The minimum atomic E-state index is -3.58. The standard InChI is InChI=1S/C13H19NO3S/c1-4-5-13(15)11(3)14-18(16,17)12-8-6-10(2)7-9-12/h4,6-9,11,13-15H,1,5H2,2-3H3/t11-,13+/m0/s1. The van der Waals surface area contributed by atoms with Gasteiger partial charge in [-0.05, 0) is 32.4 Å². The minimum Gasteiger partial charge on any atom is -0.391 e. The molecule has 2 atom stereocenters. The zero-order valence-electron chi connectivity index (χ0n) is 10.6. The summed E-state index contributed by atoms with van der Waals surface area (Å²) in [4.78, 5) is 0.200. The van der Waals surface area contributed by atoms with Crippen molar-refractivity contribution in [1.82, 2.24) is 4.72 Å². The second kappa shape index (κ2) is 6.13. The van der Waals surface area contributed by atoms with Crippen LogP contribution in [0.1, 0.15) is 18.9 Å². The van der Waals surface area contributed by atoms with Crippen LogP contribution in [0.3, 0.4) is 0 Å². The molecule has 0 aliphatic heterocycles. The first-order valence-electron chi connectivity index (χ1n) is 5.75. The Bertz CT molecular complexity index is 493. The van der Waals surface area contributed by atoms with Gasteiger partial charge < -0.3 is 5.11 Å². The van der Waals surface area contributed by atoms with Gasteiger partial charge in [0.25, 0.3) is 0 Å². The van der Waals surface area contributed by atoms with E-state index in [1.807, 2.05) is 6.92 Å². The maximum Gasteiger partial charge on any atom is 0.240 e. The average molecular weight is 269 g/mol. The highest BCUT2D eigenvalue weighted by molar-refractivity contribution is 7.89. The van der Waals surface area contributed by atoms with Gasteiger partial charge in [0, 0.05) is 6.04 Å². The second-order valence-electron chi connectivity index (χ2n) is 4.31. The SMILES string of the molecule is C=CC[C@@H](O)[C@H](C)NS(=O)(=O)c1ccc(C)cc1. The molecule has 1 aromatic carbocycles. The van der Waals surface area contributed by atoms with Crippen molar-refractivity contribution < 1.29 is 13.5 Å². The number of aliphatic hydroxyl groups is 1. The highest BCUT2D eigenvalue weighted by Gasteiger charge is 2.21. The summed E-state index contributed by atoms with van der Waals surface area (Å²) in [5.41, 5.74) is 0.994. The number of nitrogens with one attached hydrogen (secondary N) is 1. The third-order valence-corrected chi connectivity index (χ3v) is 4.23. The normalized spacial score (nSPS) is 15.1. The van der Waals surface area contributed by atoms with E-state index in [-0.39, 0.29) is 4.90 Å². The zero-order valence-corrected chi connectivity index (χ0v) is 11.4. The number of aliphatic hydroxyl groups excluding tert-OH is 1. The van der Waals surface area contributed by atoms with Crippen molar-refractivity contribution in [3.05, 3.63) is 42.5 Å². The fourth-order valence-electron chi connectivity index (χ4n) is 1.48. The van der Waals surface area contributed by atoms with Crippen LogP contribution in [0.25, 0.3) is 0 Å². The van der Waals surface area contributed by atoms with E-state index in [1.54, 1.807) is 37.3 Å². The molecule has 1 rings (SSSR count). The summed E-state index contributed by atoms with van der Waals surface area (Å²) in [5, 5.41) is 9.67. The number of sulfonamides is 1. The van der Waals surface area contributed by atoms with E-state index in [0.717, 1.165) is 5.56 Å². The van der Waals surface area contributed by atoms with Crippen molar-refractivity contribution in [2.45, 2.75) is 37.3 Å². The van der Waals surface area contributed by atoms with Gasteiger partial charge in [-0.15, -0.1) is 6.58 Å². The summed E-state index contributed by atoms with van der Waals surface area (Å²) < 4.78 is 26.5. The van der Waals surface area contributed by atoms with Crippen molar-refractivity contribution >= 4 is 10.0 Å². The molecule has 1 aromatic rings. The summed E-state index contributed by atoms with van der Waals surface area (Å²) in [6.07, 6.45) is 1.13. The largest absolute Gasteiger partial charge is 0.391 e. The number of benzene rings is 1. The Kier molecular flexibility index (Phi) is 5.07. The minimum absolute atomic E-state index is 0.200. The maximum atomic E-state index is 12.0. The lowest BCUT2D eigenvalue weighted by atomic mass is 10.1. The molecule has 0 aliphatic rings. The molecule has 2 N–H and O–H groups in total. The summed E-state index contributed by atoms with van der Waals surface area (Å²) >= 11 is 0. The molecule has 0 saturated carbocycles. The fraction of sp³-hybridized carbons (Fsp3) is 0.385. The molecule has 5 heteroatoms. The molecule has 0 amide bonds. The Morgan fingerprint density at radius 3 is 2.44 bits per heavy atom. The van der Waals surface area contributed by atoms with Gasteiger partial charge in [0.2, 0.25) is 10.0 Å². The summed E-state index contributed by atoms with van der Waals surface area (Å²) in [7, 11) is -3.58. The molecule has 0 spiro atoms. The van der Waals surface area contributed by atoms with E-state index < -0.39 is 22.2 Å². The molecule has 0 aliphatic carbocycles. The quantitative estimate of drug-likeness (QED) is 0.771. The lowest BCUT2D eigenvalue weighted by Crippen LogP contribution is -2.40. The van der Waals surface area contributed by atoms with E-state index in [2.05, 4.69) is 11.3 Å². The Hall–Kier alpha value is -1.17. The van der Waals surface area contributed by atoms with Gasteiger partial charge in [0.1, 0.15) is 0 Å². The van der Waals surface area contributed by atoms with Crippen LogP contribution in [0.5, 0.6) is 0 Å². The van der Waals surface area contributed by atoms with Crippen LogP contribution in [0, 0.1) is 6.92 Å². The molecular formula is C13H19NO3S. The molecule has 0 bridgehead atoms. The second-order valence-corrected chi connectivity index (χ2v) is 6.03. The molecule has 0 unspecified atom stereocenters. The summed E-state index contributed by atoms with van der Waals surface area (Å²) in [6.45, 7) is 7.02. The molecule has 100 valence electrons. The predicted octanol–water partition coefficient (Wildman–Crippen LogP) is 1.60. The van der Waals surface area contributed by atoms with Crippen LogP contribution in [0.4, 0.5) is 0 Å². The molecule has 4 nitrogen and oxygen atoms in total. The molecular weight excluding hydrogens is 250 g/mol. The topological polar surface area (TPSA) is 66.4 Å². The third-order valence-electron chi connectivity index (χ3n) is 2.66. The Balaban J connectivity index is 2.82. The zero-order chi connectivity index (χ0) is 13.8. The van der Waals surface area contributed by atoms with Crippen molar-refractivity contribution in [3.8, 4) is 0 Å². The molecule has 0 saturated heterocycles. The van der Waals surface area contributed by atoms with E-state index in [1.165, 1.54) is 0 Å². The summed E-state index contributed by atoms with van der Waals surface area (Å²) in [5.74, 6) is 0. The van der Waals surface area contributed by atoms with Crippen molar-refractivity contribution in [2.24, 2.45) is 0 Å². The van der Waals surface area contributed by atoms with Crippen LogP contribution < -0.4 is 4.72 Å². The van der Waals surface area contributed by atoms with Gasteiger partial charge in [0.05, 0.1) is 11.0 Å². The van der Waals surface area contributed by atoms with Crippen molar-refractivity contribution in [2.75, 3.05) is 0 Å². The Morgan fingerprint density at radius 2 is 1.94 bits per heavy atom. The monoisotopic (exact) mass is 269 g/mol. The first-order chi connectivity index (χ1) is 8.36. The molecule has 0 aromatic heterocycles. The van der Waals surface area contributed by atoms with Crippen LogP contribution in [-0.2, 0) is 10.0 Å². The number of hydrogen-bond donors (Lipinski definition) is 2. The lowest BCUT2D eigenvalue weighted by Gasteiger charge is -2.19. The predicted molar refractivity (Wildman–Crippen MR) is 71.8 cm³/mol. The molecule has 0 radical (unpaired) electrons. The van der Waals surface area contributed by atoms with Gasteiger partial charge in [-0.1, -0.05) is 23.8 Å². The lowest BCUT2D eigenvalue weighted by molar-refractivity contribution is 0.147. The van der Waals surface area contributed by atoms with Crippen LogP contribution >= 0.6 is 0 Å². The van der Waals surface area contributed by atoms with Gasteiger partial charge in [-0.25, -0.2) is 13.1 Å². The Labute approximate surface area is 108 Å². The maximum absolute atomic E-state index is 12.0. The molecule has 0 heterocycles. The van der Waals surface area contributed by atoms with Gasteiger partial charge in [-0.3, -0.25) is 0 Å². The van der Waals surface area contributed by atoms with E-state index in [9.17, 15) is 13.5 Å². The summed E-state index contributed by atoms with van der Waals surface area (Å²) in [6, 6.07) is 6.00. The van der Waals surface area contributed by atoms with Crippen LogP contribution in [-0.4, -0.2) is 25.7 Å². The van der Waals surface area contributed by atoms with Gasteiger partial charge in [0.15, 0.2) is 0 Å². The van der Waals surface area contributed by atoms with E-state index in [4.69, 9.17) is 0 Å². The van der Waals surface area contributed by atoms with Crippen molar-refractivity contribution in [1.29, 1.82) is 0 Å². The van der Waals surface area contributed by atoms with Gasteiger partial charge >= 0.3 is 0 Å². The first-order valence-corrected chi connectivity index (χ1v) is 7.23. The van der Waals surface area contributed by atoms with Crippen molar-refractivity contribution in [3.63, 3.8) is 0 Å². The number of rotatable bonds is 6. The first kappa shape index (κ1) is 14.9. The van der Waals surface area contributed by atoms with E-state index >= 15 is 0 Å². The molecule has 0 fully saturated rings. The van der Waals surface area contributed by atoms with Crippen LogP contribution in [0.2, 0.25) is 0 Å². The third kappa shape index (κ3) is 3.94. The van der Waals surface area contributed by atoms with E-state index in [0.29, 0.717) is 6.42 Å². The fourth-order valence-corrected chi connectivity index (χ4v) is 2.76. The van der Waals surface area contributed by atoms with Gasteiger partial charge in [-0.2, -0.15) is 0 Å². The number of aryl methyl sites for hydroxylation is 1.